The van der Waals surface area contributed by atoms with Crippen molar-refractivity contribution in [3.63, 3.8) is 0 Å². The van der Waals surface area contributed by atoms with Gasteiger partial charge in [-0.05, 0) is 30.3 Å². The lowest BCUT2D eigenvalue weighted by atomic mass is 10.3. The van der Waals surface area contributed by atoms with Crippen molar-refractivity contribution in [2.45, 2.75) is 0 Å². The molecule has 0 bridgehead atoms. The Morgan fingerprint density at radius 3 is 2.56 bits per heavy atom. The van der Waals surface area contributed by atoms with Crippen LogP contribution in [-0.2, 0) is 4.79 Å². The fourth-order valence-electron chi connectivity index (χ4n) is 2.40. The second kappa shape index (κ2) is 10.5. The third-order valence-corrected chi connectivity index (χ3v) is 4.35. The zero-order valence-corrected chi connectivity index (χ0v) is 17.9. The number of nitro groups is 1. The minimum absolute atomic E-state index is 0.208. The van der Waals surface area contributed by atoms with Crippen LogP contribution in [0.3, 0.4) is 0 Å². The van der Waals surface area contributed by atoms with Gasteiger partial charge in [-0.1, -0.05) is 35.3 Å². The minimum atomic E-state index is -0.747. The standard InChI is InChI=1S/C19H15Cl2N5O6/c1-30-14-4-2-3-5-15(14)32-19-17(26(28)29)18(22-10-23-19)25-24-16(27)9-31-13-7-6-11(20)8-12(13)21/h2-8,10H,9H2,1H3,(H,24,27)(H,22,23,25). The molecule has 0 aliphatic heterocycles. The number of methoxy groups -OCH3 is 1. The molecule has 0 spiro atoms. The van der Waals surface area contributed by atoms with Crippen molar-refractivity contribution in [1.82, 2.24) is 15.4 Å². The van der Waals surface area contributed by atoms with E-state index in [4.69, 9.17) is 37.4 Å². The van der Waals surface area contributed by atoms with Crippen LogP contribution in [0.5, 0.6) is 23.1 Å². The Hall–Kier alpha value is -3.83. The maximum atomic E-state index is 12.1. The van der Waals surface area contributed by atoms with Crippen molar-refractivity contribution in [2.24, 2.45) is 0 Å². The number of nitrogens with zero attached hydrogens (tertiary/aromatic N) is 3. The summed E-state index contributed by atoms with van der Waals surface area (Å²) in [5.41, 5.74) is 4.03. The lowest BCUT2D eigenvalue weighted by molar-refractivity contribution is -0.385. The Morgan fingerprint density at radius 1 is 1.12 bits per heavy atom. The van der Waals surface area contributed by atoms with Gasteiger partial charge in [0.05, 0.1) is 17.1 Å². The van der Waals surface area contributed by atoms with E-state index in [9.17, 15) is 14.9 Å². The van der Waals surface area contributed by atoms with Gasteiger partial charge in [0.2, 0.25) is 5.82 Å². The first-order valence-corrected chi connectivity index (χ1v) is 9.57. The highest BCUT2D eigenvalue weighted by atomic mass is 35.5. The third-order valence-electron chi connectivity index (χ3n) is 3.82. The first kappa shape index (κ1) is 22.8. The molecule has 0 aliphatic rings. The van der Waals surface area contributed by atoms with Crippen LogP contribution in [0.25, 0.3) is 0 Å². The van der Waals surface area contributed by atoms with Crippen molar-refractivity contribution < 1.29 is 23.9 Å². The summed E-state index contributed by atoms with van der Waals surface area (Å²) in [4.78, 5) is 30.6. The number of hydrogen-bond donors (Lipinski definition) is 2. The zero-order valence-electron chi connectivity index (χ0n) is 16.4. The molecular formula is C19H15Cl2N5O6. The lowest BCUT2D eigenvalue weighted by Gasteiger charge is -2.12. The van der Waals surface area contributed by atoms with E-state index in [-0.39, 0.29) is 28.2 Å². The number of aromatic nitrogens is 2. The van der Waals surface area contributed by atoms with Crippen LogP contribution in [0, 0.1) is 10.1 Å². The highest BCUT2D eigenvalue weighted by molar-refractivity contribution is 6.35. The molecule has 166 valence electrons. The van der Waals surface area contributed by atoms with Crippen LogP contribution >= 0.6 is 23.2 Å². The fourth-order valence-corrected chi connectivity index (χ4v) is 2.86. The van der Waals surface area contributed by atoms with E-state index in [1.807, 2.05) is 0 Å². The van der Waals surface area contributed by atoms with Crippen LogP contribution in [-0.4, -0.2) is 34.5 Å². The van der Waals surface area contributed by atoms with Crippen molar-refractivity contribution in [1.29, 1.82) is 0 Å². The van der Waals surface area contributed by atoms with Crippen LogP contribution in [0.15, 0.2) is 48.8 Å². The van der Waals surface area contributed by atoms with Crippen molar-refractivity contribution >= 4 is 40.6 Å². The van der Waals surface area contributed by atoms with Crippen molar-refractivity contribution in [3.8, 4) is 23.1 Å². The van der Waals surface area contributed by atoms with Gasteiger partial charge < -0.3 is 14.2 Å². The summed E-state index contributed by atoms with van der Waals surface area (Å²) in [5, 5.41) is 12.3. The summed E-state index contributed by atoms with van der Waals surface area (Å²) in [7, 11) is 1.43. The number of amides is 1. The number of para-hydroxylation sites is 2. The molecule has 3 rings (SSSR count). The lowest BCUT2D eigenvalue weighted by Crippen LogP contribution is -2.34. The van der Waals surface area contributed by atoms with Crippen molar-refractivity contribution in [3.05, 3.63) is 69.0 Å². The number of benzene rings is 2. The number of hydrazine groups is 1. The number of halogens is 2. The molecule has 0 aliphatic carbocycles. The monoisotopic (exact) mass is 479 g/mol. The maximum absolute atomic E-state index is 12.1. The molecule has 32 heavy (non-hydrogen) atoms. The van der Waals surface area contributed by atoms with Gasteiger partial charge in [-0.3, -0.25) is 25.8 Å². The second-order valence-corrected chi connectivity index (χ2v) is 6.77. The Balaban J connectivity index is 1.70. The SMILES string of the molecule is COc1ccccc1Oc1ncnc(NNC(=O)COc2ccc(Cl)cc2Cl)c1[N+](=O)[O-]. The normalized spacial score (nSPS) is 10.2. The van der Waals surface area contributed by atoms with Gasteiger partial charge in [-0.15, -0.1) is 0 Å². The number of ether oxygens (including phenoxy) is 3. The Labute approximate surface area is 191 Å². The average molecular weight is 480 g/mol. The summed E-state index contributed by atoms with van der Waals surface area (Å²) in [6, 6.07) is 11.1. The molecule has 0 radical (unpaired) electrons. The van der Waals surface area contributed by atoms with Gasteiger partial charge in [0.25, 0.3) is 5.91 Å². The van der Waals surface area contributed by atoms with E-state index >= 15 is 0 Å². The molecular weight excluding hydrogens is 465 g/mol. The molecule has 0 atom stereocenters. The first-order valence-electron chi connectivity index (χ1n) is 8.82. The Kier molecular flexibility index (Phi) is 7.47. The molecule has 1 heterocycles. The molecule has 2 N–H and O–H groups in total. The average Bonchev–Trinajstić information content (AvgIpc) is 2.77. The number of carbonyl (C=O) groups excluding carboxylic acids is 1. The van der Waals surface area contributed by atoms with Crippen LogP contribution in [0.4, 0.5) is 11.5 Å². The smallest absolute Gasteiger partial charge is 0.374 e. The predicted octanol–water partition coefficient (Wildman–Crippen LogP) is 4.01. The summed E-state index contributed by atoms with van der Waals surface area (Å²) in [6.45, 7) is -0.433. The summed E-state index contributed by atoms with van der Waals surface area (Å²) in [5.74, 6) is -0.507. The van der Waals surface area contributed by atoms with Gasteiger partial charge in [-0.2, -0.15) is 4.98 Å². The highest BCUT2D eigenvalue weighted by Crippen LogP contribution is 2.37. The molecule has 2 aromatic carbocycles. The predicted molar refractivity (Wildman–Crippen MR) is 115 cm³/mol. The van der Waals surface area contributed by atoms with Gasteiger partial charge >= 0.3 is 11.6 Å². The van der Waals surface area contributed by atoms with Gasteiger partial charge in [0, 0.05) is 5.02 Å². The number of anilines is 1. The largest absolute Gasteiger partial charge is 0.493 e. The number of carbonyl (C=O) groups is 1. The molecule has 0 fully saturated rings. The molecule has 11 nitrogen and oxygen atoms in total. The van der Waals surface area contributed by atoms with E-state index in [1.54, 1.807) is 30.3 Å². The quantitative estimate of drug-likeness (QED) is 0.344. The molecule has 3 aromatic rings. The van der Waals surface area contributed by atoms with Crippen LogP contribution < -0.4 is 25.1 Å². The highest BCUT2D eigenvalue weighted by Gasteiger charge is 2.26. The van der Waals surface area contributed by atoms with Gasteiger partial charge in [0.1, 0.15) is 12.1 Å². The molecule has 1 amide bonds. The van der Waals surface area contributed by atoms with Crippen LogP contribution in [0.1, 0.15) is 0 Å². The Bertz CT molecular complexity index is 1150. The fraction of sp³-hybridized carbons (Fsp3) is 0.105. The zero-order chi connectivity index (χ0) is 23.1. The molecule has 13 heteroatoms. The van der Waals surface area contributed by atoms with E-state index in [2.05, 4.69) is 20.8 Å². The summed E-state index contributed by atoms with van der Waals surface area (Å²) >= 11 is 11.8. The van der Waals surface area contributed by atoms with E-state index < -0.39 is 23.1 Å². The summed E-state index contributed by atoms with van der Waals surface area (Å²) in [6.07, 6.45) is 1.04. The molecule has 0 unspecified atom stereocenters. The molecule has 0 saturated heterocycles. The number of hydrogen-bond acceptors (Lipinski definition) is 9. The van der Waals surface area contributed by atoms with E-state index in [0.29, 0.717) is 10.8 Å². The molecule has 1 aromatic heterocycles. The van der Waals surface area contributed by atoms with Gasteiger partial charge in [0.15, 0.2) is 18.1 Å². The topological polar surface area (TPSA) is 138 Å². The van der Waals surface area contributed by atoms with E-state index in [1.165, 1.54) is 19.2 Å². The van der Waals surface area contributed by atoms with Gasteiger partial charge in [-0.25, -0.2) is 4.98 Å². The number of nitrogens with one attached hydrogen (secondary N) is 2. The van der Waals surface area contributed by atoms with Crippen LogP contribution in [0.2, 0.25) is 10.0 Å². The third kappa shape index (κ3) is 5.65. The second-order valence-electron chi connectivity index (χ2n) is 5.92. The maximum Gasteiger partial charge on any atom is 0.374 e. The van der Waals surface area contributed by atoms with Crippen molar-refractivity contribution in [2.75, 3.05) is 19.1 Å². The Morgan fingerprint density at radius 2 is 1.88 bits per heavy atom. The summed E-state index contributed by atoms with van der Waals surface area (Å²) < 4.78 is 16.0. The van der Waals surface area contributed by atoms with E-state index in [0.717, 1.165) is 6.33 Å². The molecule has 0 saturated carbocycles. The number of rotatable bonds is 9. The first-order chi connectivity index (χ1) is 15.4. The minimum Gasteiger partial charge on any atom is -0.493 e.